The lowest BCUT2D eigenvalue weighted by molar-refractivity contribution is 0.111. The molecule has 0 radical (unpaired) electrons. The van der Waals surface area contributed by atoms with Crippen molar-refractivity contribution >= 4 is 28.5 Å². The van der Waals surface area contributed by atoms with Crippen LogP contribution in [0.3, 0.4) is 0 Å². The monoisotopic (exact) mass is 452 g/mol. The van der Waals surface area contributed by atoms with E-state index < -0.39 is 5.41 Å². The second-order valence-corrected chi connectivity index (χ2v) is 8.38. The van der Waals surface area contributed by atoms with Gasteiger partial charge in [0.1, 0.15) is 12.6 Å². The van der Waals surface area contributed by atoms with Crippen LogP contribution >= 0.6 is 15.9 Å². The first-order valence-corrected chi connectivity index (χ1v) is 10.5. The fraction of sp³-hybridized carbons (Fsp3) is 0.0370. The largest absolute Gasteiger partial charge is 0.298 e. The third-order valence-corrected chi connectivity index (χ3v) is 6.46. The van der Waals surface area contributed by atoms with E-state index in [1.54, 1.807) is 0 Å². The van der Waals surface area contributed by atoms with Gasteiger partial charge in [-0.3, -0.25) is 9.59 Å². The molecule has 0 saturated heterocycles. The summed E-state index contributed by atoms with van der Waals surface area (Å²) < 4.78 is 1.03. The molecule has 0 unspecified atom stereocenters. The number of hydrogen-bond donors (Lipinski definition) is 0. The van der Waals surface area contributed by atoms with E-state index in [-0.39, 0.29) is 0 Å². The number of hydrogen-bond acceptors (Lipinski definition) is 2. The van der Waals surface area contributed by atoms with Crippen LogP contribution < -0.4 is 0 Å². The van der Waals surface area contributed by atoms with E-state index >= 15 is 0 Å². The van der Waals surface area contributed by atoms with Crippen molar-refractivity contribution < 1.29 is 9.59 Å². The van der Waals surface area contributed by atoms with Crippen molar-refractivity contribution in [2.24, 2.45) is 0 Å². The van der Waals surface area contributed by atoms with Gasteiger partial charge in [-0.05, 0) is 45.5 Å². The van der Waals surface area contributed by atoms with Gasteiger partial charge >= 0.3 is 0 Å². The lowest BCUT2D eigenvalue weighted by Crippen LogP contribution is -2.28. The molecule has 3 heteroatoms. The van der Waals surface area contributed by atoms with Crippen molar-refractivity contribution in [3.8, 4) is 11.1 Å². The summed E-state index contributed by atoms with van der Waals surface area (Å²) in [6, 6.07) is 30.4. The summed E-state index contributed by atoms with van der Waals surface area (Å²) >= 11 is 3.63. The second kappa shape index (κ2) is 7.19. The maximum Gasteiger partial charge on any atom is 0.150 e. The van der Waals surface area contributed by atoms with Gasteiger partial charge in [-0.15, -0.1) is 0 Å². The number of halogens is 1. The first kappa shape index (κ1) is 18.7. The topological polar surface area (TPSA) is 34.1 Å². The number of benzene rings is 4. The molecule has 5 rings (SSSR count). The van der Waals surface area contributed by atoms with Gasteiger partial charge in [0.05, 0.1) is 5.41 Å². The van der Waals surface area contributed by atoms with Crippen molar-refractivity contribution in [2.45, 2.75) is 5.41 Å². The molecule has 2 nitrogen and oxygen atoms in total. The maximum absolute atomic E-state index is 11.3. The minimum absolute atomic E-state index is 0.532. The van der Waals surface area contributed by atoms with E-state index in [2.05, 4.69) is 58.4 Å². The van der Waals surface area contributed by atoms with Gasteiger partial charge in [-0.25, -0.2) is 0 Å². The Balaban J connectivity index is 1.91. The summed E-state index contributed by atoms with van der Waals surface area (Å²) in [7, 11) is 0. The lowest BCUT2D eigenvalue weighted by atomic mass is 9.67. The Morgan fingerprint density at radius 1 is 0.600 bits per heavy atom. The summed E-state index contributed by atoms with van der Waals surface area (Å²) in [5.41, 5.74) is 7.67. The fourth-order valence-electron chi connectivity index (χ4n) is 4.67. The summed E-state index contributed by atoms with van der Waals surface area (Å²) in [5, 5.41) is 0. The normalized spacial score (nSPS) is 13.4. The number of fused-ring (bicyclic) bond motifs is 3. The lowest BCUT2D eigenvalue weighted by Gasteiger charge is -2.34. The van der Waals surface area contributed by atoms with Gasteiger partial charge < -0.3 is 0 Å². The van der Waals surface area contributed by atoms with Gasteiger partial charge in [0.15, 0.2) is 0 Å². The van der Waals surface area contributed by atoms with Crippen LogP contribution in [-0.2, 0) is 5.41 Å². The van der Waals surface area contributed by atoms with Gasteiger partial charge in [0.25, 0.3) is 0 Å². The van der Waals surface area contributed by atoms with Crippen LogP contribution in [0.1, 0.15) is 43.0 Å². The summed E-state index contributed by atoms with van der Waals surface area (Å²) in [6.45, 7) is 0. The van der Waals surface area contributed by atoms with Crippen LogP contribution in [0, 0.1) is 0 Å². The standard InChI is InChI=1S/C27H17BrO2/c28-22-13-14-26-24(15-22)23-3-1-2-4-25(23)27(26,20-9-5-18(16-29)6-10-20)21-11-7-19(17-30)8-12-21/h1-17H. The van der Waals surface area contributed by atoms with Crippen molar-refractivity contribution in [3.05, 3.63) is 129 Å². The molecule has 0 saturated carbocycles. The molecule has 0 aromatic heterocycles. The average Bonchev–Trinajstić information content (AvgIpc) is 3.10. The van der Waals surface area contributed by atoms with E-state index in [1.807, 2.05) is 48.5 Å². The molecule has 30 heavy (non-hydrogen) atoms. The zero-order valence-corrected chi connectivity index (χ0v) is 17.6. The van der Waals surface area contributed by atoms with Gasteiger partial charge in [0.2, 0.25) is 0 Å². The number of rotatable bonds is 4. The molecular formula is C27H17BrO2. The summed E-state index contributed by atoms with van der Waals surface area (Å²) in [5.74, 6) is 0. The molecule has 4 aromatic rings. The first-order chi connectivity index (χ1) is 14.7. The van der Waals surface area contributed by atoms with Crippen LogP contribution in [0.15, 0.2) is 95.5 Å². The molecule has 0 spiro atoms. The zero-order valence-electron chi connectivity index (χ0n) is 16.0. The first-order valence-electron chi connectivity index (χ1n) is 9.70. The quantitative estimate of drug-likeness (QED) is 0.294. The number of aldehydes is 2. The number of carbonyl (C=O) groups excluding carboxylic acids is 2. The van der Waals surface area contributed by atoms with Crippen molar-refractivity contribution in [1.29, 1.82) is 0 Å². The Kier molecular flexibility index (Phi) is 4.48. The molecule has 0 aliphatic heterocycles. The molecule has 0 heterocycles. The van der Waals surface area contributed by atoms with Crippen LogP contribution in [0.5, 0.6) is 0 Å². The Bertz CT molecular complexity index is 1220. The Labute approximate surface area is 183 Å². The van der Waals surface area contributed by atoms with E-state index in [9.17, 15) is 9.59 Å². The van der Waals surface area contributed by atoms with Crippen LogP contribution in [0.4, 0.5) is 0 Å². The highest BCUT2D eigenvalue weighted by Gasteiger charge is 2.45. The summed E-state index contributed by atoms with van der Waals surface area (Å²) in [6.07, 6.45) is 1.73. The Morgan fingerprint density at radius 3 is 1.70 bits per heavy atom. The van der Waals surface area contributed by atoms with Crippen molar-refractivity contribution in [1.82, 2.24) is 0 Å². The van der Waals surface area contributed by atoms with Crippen LogP contribution in [0.25, 0.3) is 11.1 Å². The molecule has 0 bridgehead atoms. The van der Waals surface area contributed by atoms with E-state index in [4.69, 9.17) is 0 Å². The maximum atomic E-state index is 11.3. The smallest absolute Gasteiger partial charge is 0.150 e. The minimum Gasteiger partial charge on any atom is -0.298 e. The fourth-order valence-corrected chi connectivity index (χ4v) is 5.03. The van der Waals surface area contributed by atoms with Crippen LogP contribution in [0.2, 0.25) is 0 Å². The van der Waals surface area contributed by atoms with E-state index in [0.717, 1.165) is 28.2 Å². The molecule has 4 aromatic carbocycles. The summed E-state index contributed by atoms with van der Waals surface area (Å²) in [4.78, 5) is 22.5. The molecule has 1 aliphatic carbocycles. The highest BCUT2D eigenvalue weighted by atomic mass is 79.9. The molecule has 0 amide bonds. The second-order valence-electron chi connectivity index (χ2n) is 7.47. The van der Waals surface area contributed by atoms with Crippen LogP contribution in [-0.4, -0.2) is 12.6 Å². The third kappa shape index (κ3) is 2.62. The SMILES string of the molecule is O=Cc1ccc(C2(c3ccc(C=O)cc3)c3ccccc3-c3cc(Br)ccc32)cc1. The number of carbonyl (C=O) groups is 2. The van der Waals surface area contributed by atoms with Crippen molar-refractivity contribution in [3.63, 3.8) is 0 Å². The zero-order chi connectivity index (χ0) is 20.7. The predicted molar refractivity (Wildman–Crippen MR) is 122 cm³/mol. The molecule has 0 fully saturated rings. The third-order valence-electron chi connectivity index (χ3n) is 5.97. The Morgan fingerprint density at radius 2 is 1.13 bits per heavy atom. The molecule has 1 aliphatic rings. The molecule has 144 valence electrons. The van der Waals surface area contributed by atoms with E-state index in [0.29, 0.717) is 11.1 Å². The Hall–Kier alpha value is -3.30. The van der Waals surface area contributed by atoms with Gasteiger partial charge in [-0.2, -0.15) is 0 Å². The average molecular weight is 453 g/mol. The molecular weight excluding hydrogens is 436 g/mol. The predicted octanol–water partition coefficient (Wildman–Crippen LogP) is 6.44. The minimum atomic E-state index is -0.532. The van der Waals surface area contributed by atoms with Gasteiger partial charge in [0, 0.05) is 15.6 Å². The highest BCUT2D eigenvalue weighted by molar-refractivity contribution is 9.10. The highest BCUT2D eigenvalue weighted by Crippen LogP contribution is 2.56. The molecule has 0 atom stereocenters. The van der Waals surface area contributed by atoms with Gasteiger partial charge in [-0.1, -0.05) is 94.8 Å². The van der Waals surface area contributed by atoms with Crippen molar-refractivity contribution in [2.75, 3.05) is 0 Å². The molecule has 0 N–H and O–H groups in total. The van der Waals surface area contributed by atoms with E-state index in [1.165, 1.54) is 22.3 Å².